The van der Waals surface area contributed by atoms with Gasteiger partial charge in [0.15, 0.2) is 0 Å². The number of hydrogen-bond donors (Lipinski definition) is 4. The summed E-state index contributed by atoms with van der Waals surface area (Å²) < 4.78 is 6.16. The number of carbonyl (C=O) groups is 3. The number of nitrogens with one attached hydrogen (secondary N) is 4. The van der Waals surface area contributed by atoms with Gasteiger partial charge in [0.25, 0.3) is 0 Å². The standard InChI is InChI=1S/C28H28ClN9O4/c1-42-28(41)32-19-9-10-20-22(14-19)34-25(39)6-4-2-3-5-21(27-30-15-23(20)35-27)33-26(40)12-7-17-13-18(29)8-11-24(17)38-16-31-36-37-38/h7-16,21H,2-6H2,1H3,(H,30,35)(H,32,41)(H,33,40)(H,34,39)/b12-7+. The van der Waals surface area contributed by atoms with Gasteiger partial charge in [0.1, 0.15) is 12.2 Å². The zero-order valence-electron chi connectivity index (χ0n) is 22.6. The maximum absolute atomic E-state index is 13.1. The zero-order chi connectivity index (χ0) is 29.5. The Labute approximate surface area is 245 Å². The van der Waals surface area contributed by atoms with Gasteiger partial charge in [-0.25, -0.2) is 9.78 Å². The van der Waals surface area contributed by atoms with Gasteiger partial charge in [-0.05, 0) is 65.7 Å². The molecule has 0 spiro atoms. The molecule has 4 aromatic rings. The first-order chi connectivity index (χ1) is 20.4. The Morgan fingerprint density at radius 2 is 2.05 bits per heavy atom. The predicted octanol–water partition coefficient (Wildman–Crippen LogP) is 4.66. The summed E-state index contributed by atoms with van der Waals surface area (Å²) in [4.78, 5) is 45.4. The monoisotopic (exact) mass is 589 g/mol. The molecule has 3 heterocycles. The lowest BCUT2D eigenvalue weighted by molar-refractivity contribution is -0.117. The predicted molar refractivity (Wildman–Crippen MR) is 156 cm³/mol. The number of carbonyl (C=O) groups excluding carboxylic acids is 3. The number of ether oxygens (including phenoxy) is 1. The Bertz CT molecular complexity index is 1620. The molecular formula is C28H28ClN9O4. The van der Waals surface area contributed by atoms with Gasteiger partial charge in [-0.15, -0.1) is 5.10 Å². The summed E-state index contributed by atoms with van der Waals surface area (Å²) in [6, 6.07) is 9.90. The summed E-state index contributed by atoms with van der Waals surface area (Å²) in [5.74, 6) is 0.122. The first-order valence-corrected chi connectivity index (χ1v) is 13.6. The number of methoxy groups -OCH3 is 1. The molecule has 42 heavy (non-hydrogen) atoms. The number of nitrogens with zero attached hydrogens (tertiary/aromatic N) is 5. The van der Waals surface area contributed by atoms with E-state index >= 15 is 0 Å². The Balaban J connectivity index is 1.39. The van der Waals surface area contributed by atoms with E-state index in [2.05, 4.69) is 41.2 Å². The van der Waals surface area contributed by atoms with Crippen LogP contribution < -0.4 is 16.0 Å². The minimum Gasteiger partial charge on any atom is -0.453 e. The molecule has 0 radical (unpaired) electrons. The van der Waals surface area contributed by atoms with Gasteiger partial charge in [0, 0.05) is 40.5 Å². The molecule has 13 nitrogen and oxygen atoms in total. The van der Waals surface area contributed by atoms with E-state index < -0.39 is 12.1 Å². The van der Waals surface area contributed by atoms with Gasteiger partial charge in [-0.2, -0.15) is 4.68 Å². The van der Waals surface area contributed by atoms with Gasteiger partial charge < -0.3 is 20.4 Å². The van der Waals surface area contributed by atoms with Gasteiger partial charge in [0.2, 0.25) is 11.8 Å². The molecule has 0 fully saturated rings. The molecular weight excluding hydrogens is 562 g/mol. The second-order valence-corrected chi connectivity index (χ2v) is 9.98. The summed E-state index contributed by atoms with van der Waals surface area (Å²) in [6.45, 7) is 0. The van der Waals surface area contributed by atoms with Crippen LogP contribution in [0.3, 0.4) is 0 Å². The zero-order valence-corrected chi connectivity index (χ0v) is 23.4. The van der Waals surface area contributed by atoms with Gasteiger partial charge in [-0.3, -0.25) is 14.9 Å². The smallest absolute Gasteiger partial charge is 0.411 e. The molecule has 1 unspecified atom stereocenters. The maximum Gasteiger partial charge on any atom is 0.411 e. The number of halogens is 1. The molecule has 2 bridgehead atoms. The normalized spacial score (nSPS) is 15.5. The summed E-state index contributed by atoms with van der Waals surface area (Å²) >= 11 is 6.20. The van der Waals surface area contributed by atoms with E-state index in [-0.39, 0.29) is 11.8 Å². The van der Waals surface area contributed by atoms with E-state index in [0.29, 0.717) is 64.0 Å². The fourth-order valence-corrected chi connectivity index (χ4v) is 4.78. The third-order valence-electron chi connectivity index (χ3n) is 6.64. The largest absolute Gasteiger partial charge is 0.453 e. The van der Waals surface area contributed by atoms with E-state index in [9.17, 15) is 14.4 Å². The highest BCUT2D eigenvalue weighted by Crippen LogP contribution is 2.32. The molecule has 0 aliphatic carbocycles. The highest BCUT2D eigenvalue weighted by molar-refractivity contribution is 6.30. The average Bonchev–Trinajstić information content (AvgIpc) is 3.68. The van der Waals surface area contributed by atoms with Crippen LogP contribution in [0.5, 0.6) is 0 Å². The fraction of sp³-hybridized carbons (Fsp3) is 0.250. The highest BCUT2D eigenvalue weighted by Gasteiger charge is 2.20. The number of aromatic amines is 1. The number of imidazole rings is 1. The number of H-pyrrole nitrogens is 1. The molecule has 216 valence electrons. The number of anilines is 2. The van der Waals surface area contributed by atoms with Crippen molar-refractivity contribution in [2.24, 2.45) is 0 Å². The number of fused-ring (bicyclic) bond motifs is 4. The van der Waals surface area contributed by atoms with Crippen LogP contribution in [0, 0.1) is 0 Å². The van der Waals surface area contributed by atoms with Crippen molar-refractivity contribution in [2.45, 2.75) is 38.1 Å². The number of rotatable bonds is 5. The Kier molecular flexibility index (Phi) is 8.87. The second-order valence-electron chi connectivity index (χ2n) is 9.55. The average molecular weight is 590 g/mol. The van der Waals surface area contributed by atoms with Crippen molar-refractivity contribution >= 4 is 47.0 Å². The van der Waals surface area contributed by atoms with Crippen molar-refractivity contribution in [2.75, 3.05) is 17.7 Å². The molecule has 5 rings (SSSR count). The SMILES string of the molecule is COC(=O)Nc1ccc2c(c1)NC(=O)CCCCCC(NC(=O)/C=C/c1cc(Cl)ccc1-n1cnnn1)c1nc-2c[nH]1. The van der Waals surface area contributed by atoms with E-state index in [1.807, 2.05) is 0 Å². The third kappa shape index (κ3) is 6.99. The van der Waals surface area contributed by atoms with Crippen LogP contribution in [0.15, 0.2) is 55.0 Å². The lowest BCUT2D eigenvalue weighted by Gasteiger charge is -2.16. The summed E-state index contributed by atoms with van der Waals surface area (Å²) in [5.41, 5.74) is 3.51. The van der Waals surface area contributed by atoms with E-state index in [0.717, 1.165) is 12.8 Å². The quantitative estimate of drug-likeness (QED) is 0.244. The molecule has 2 aromatic carbocycles. The molecule has 4 N–H and O–H groups in total. The first-order valence-electron chi connectivity index (χ1n) is 13.3. The van der Waals surface area contributed by atoms with Gasteiger partial charge in [-0.1, -0.05) is 24.4 Å². The topological polar surface area (TPSA) is 169 Å². The van der Waals surface area contributed by atoms with Crippen LogP contribution in [0.4, 0.5) is 16.2 Å². The van der Waals surface area contributed by atoms with E-state index in [1.54, 1.807) is 48.7 Å². The molecule has 14 heteroatoms. The van der Waals surface area contributed by atoms with E-state index in [1.165, 1.54) is 24.2 Å². The number of tetrazole rings is 1. The number of benzene rings is 2. The molecule has 1 aliphatic heterocycles. The fourth-order valence-electron chi connectivity index (χ4n) is 4.60. The lowest BCUT2D eigenvalue weighted by Crippen LogP contribution is -2.27. The van der Waals surface area contributed by atoms with Gasteiger partial charge in [0.05, 0.1) is 30.2 Å². The Morgan fingerprint density at radius 3 is 2.86 bits per heavy atom. The molecule has 1 aliphatic rings. The van der Waals surface area contributed by atoms with Crippen LogP contribution in [0.2, 0.25) is 5.02 Å². The van der Waals surface area contributed by atoms with Crippen LogP contribution >= 0.6 is 11.6 Å². The highest BCUT2D eigenvalue weighted by atomic mass is 35.5. The van der Waals surface area contributed by atoms with Crippen molar-refractivity contribution < 1.29 is 19.1 Å². The van der Waals surface area contributed by atoms with Gasteiger partial charge >= 0.3 is 6.09 Å². The third-order valence-corrected chi connectivity index (χ3v) is 6.88. The van der Waals surface area contributed by atoms with Crippen LogP contribution in [0.25, 0.3) is 23.0 Å². The summed E-state index contributed by atoms with van der Waals surface area (Å²) in [7, 11) is 1.27. The van der Waals surface area contributed by atoms with Crippen LogP contribution in [-0.4, -0.2) is 55.2 Å². The molecule has 0 saturated carbocycles. The molecule has 0 saturated heterocycles. The molecule has 3 amide bonds. The number of hydrogen-bond acceptors (Lipinski definition) is 8. The minimum absolute atomic E-state index is 0.140. The van der Waals surface area contributed by atoms with Crippen LogP contribution in [0.1, 0.15) is 49.5 Å². The Morgan fingerprint density at radius 1 is 1.17 bits per heavy atom. The summed E-state index contributed by atoms with van der Waals surface area (Å²) in [5, 5.41) is 20.4. The van der Waals surface area contributed by atoms with Crippen molar-refractivity contribution in [3.63, 3.8) is 0 Å². The first kappa shape index (κ1) is 28.5. The Hall–Kier alpha value is -5.04. The summed E-state index contributed by atoms with van der Waals surface area (Å²) in [6.07, 6.45) is 8.84. The van der Waals surface area contributed by atoms with Crippen molar-refractivity contribution in [1.29, 1.82) is 0 Å². The minimum atomic E-state index is -0.623. The van der Waals surface area contributed by atoms with Crippen LogP contribution in [-0.2, 0) is 14.3 Å². The number of aromatic nitrogens is 6. The van der Waals surface area contributed by atoms with Crippen molar-refractivity contribution in [3.8, 4) is 16.9 Å². The maximum atomic E-state index is 13.1. The van der Waals surface area contributed by atoms with Crippen molar-refractivity contribution in [1.82, 2.24) is 35.5 Å². The second kappa shape index (κ2) is 13.1. The van der Waals surface area contributed by atoms with E-state index in [4.69, 9.17) is 16.6 Å². The van der Waals surface area contributed by atoms with Crippen molar-refractivity contribution in [3.05, 3.63) is 71.4 Å². The number of amides is 3. The molecule has 2 aromatic heterocycles. The lowest BCUT2D eigenvalue weighted by atomic mass is 10.1. The molecule has 1 atom stereocenters.